The Morgan fingerprint density at radius 2 is 2.05 bits per heavy atom. The molecule has 4 nitrogen and oxygen atoms in total. The van der Waals surface area contributed by atoms with E-state index in [4.69, 9.17) is 5.73 Å². The molecule has 0 saturated heterocycles. The van der Waals surface area contributed by atoms with E-state index in [-0.39, 0.29) is 5.82 Å². The monoisotopic (exact) mass is 293 g/mol. The topological polar surface area (TPSA) is 68.0 Å². The van der Waals surface area contributed by atoms with Gasteiger partial charge in [-0.1, -0.05) is 0 Å². The van der Waals surface area contributed by atoms with Gasteiger partial charge in [0.05, 0.1) is 11.2 Å². The Bertz CT molecular complexity index is 607. The van der Waals surface area contributed by atoms with Gasteiger partial charge in [0.1, 0.15) is 10.8 Å². The second kappa shape index (κ2) is 5.68. The minimum absolute atomic E-state index is 0.268. The third-order valence-corrected chi connectivity index (χ3v) is 3.91. The molecule has 106 valence electrons. The van der Waals surface area contributed by atoms with E-state index in [1.807, 2.05) is 5.38 Å². The summed E-state index contributed by atoms with van der Waals surface area (Å²) in [4.78, 5) is 15.7. The Morgan fingerprint density at radius 3 is 2.65 bits per heavy atom. The van der Waals surface area contributed by atoms with Crippen LogP contribution in [0.2, 0.25) is 0 Å². The SMILES string of the molecule is CC(C)(NCc1csc(-c2ccc(F)cc2)n1)C(N)=O. The van der Waals surface area contributed by atoms with Crippen molar-refractivity contribution in [1.29, 1.82) is 0 Å². The third-order valence-electron chi connectivity index (χ3n) is 2.97. The van der Waals surface area contributed by atoms with Crippen LogP contribution in [0.25, 0.3) is 10.6 Å². The molecule has 1 aromatic carbocycles. The fourth-order valence-corrected chi connectivity index (χ4v) is 2.34. The Kier molecular flexibility index (Phi) is 4.15. The lowest BCUT2D eigenvalue weighted by molar-refractivity contribution is -0.123. The highest BCUT2D eigenvalue weighted by molar-refractivity contribution is 7.13. The Hall–Kier alpha value is -1.79. The summed E-state index contributed by atoms with van der Waals surface area (Å²) < 4.78 is 12.9. The van der Waals surface area contributed by atoms with Gasteiger partial charge in [-0.25, -0.2) is 9.37 Å². The number of primary amides is 1. The van der Waals surface area contributed by atoms with Gasteiger partial charge >= 0.3 is 0 Å². The van der Waals surface area contributed by atoms with Crippen molar-refractivity contribution in [3.8, 4) is 10.6 Å². The highest BCUT2D eigenvalue weighted by Crippen LogP contribution is 2.24. The number of halogens is 1. The van der Waals surface area contributed by atoms with Gasteiger partial charge in [-0.3, -0.25) is 10.1 Å². The first kappa shape index (κ1) is 14.6. The minimum Gasteiger partial charge on any atom is -0.368 e. The third kappa shape index (κ3) is 3.40. The maximum atomic E-state index is 12.9. The standard InChI is InChI=1S/C14H16FN3OS/c1-14(2,13(16)19)17-7-11-8-20-12(18-11)9-3-5-10(15)6-4-9/h3-6,8,17H,7H2,1-2H3,(H2,16,19). The van der Waals surface area contributed by atoms with Crippen molar-refractivity contribution in [2.24, 2.45) is 5.73 Å². The number of carbonyl (C=O) groups is 1. The predicted molar refractivity (Wildman–Crippen MR) is 77.6 cm³/mol. The summed E-state index contributed by atoms with van der Waals surface area (Å²) in [7, 11) is 0. The molecule has 2 aromatic rings. The lowest BCUT2D eigenvalue weighted by atomic mass is 10.1. The van der Waals surface area contributed by atoms with Crippen molar-refractivity contribution < 1.29 is 9.18 Å². The summed E-state index contributed by atoms with van der Waals surface area (Å²) in [5.74, 6) is -0.679. The van der Waals surface area contributed by atoms with Crippen LogP contribution in [0, 0.1) is 5.82 Å². The molecule has 0 unspecified atom stereocenters. The maximum Gasteiger partial charge on any atom is 0.237 e. The van der Waals surface area contributed by atoms with E-state index in [1.165, 1.54) is 23.5 Å². The summed E-state index contributed by atoms with van der Waals surface area (Å²) in [5, 5.41) is 5.78. The molecule has 20 heavy (non-hydrogen) atoms. The molecule has 6 heteroatoms. The second-order valence-electron chi connectivity index (χ2n) is 4.99. The quantitative estimate of drug-likeness (QED) is 0.889. The number of rotatable bonds is 5. The van der Waals surface area contributed by atoms with Crippen LogP contribution < -0.4 is 11.1 Å². The molecule has 0 saturated carbocycles. The fourth-order valence-electron chi connectivity index (χ4n) is 1.51. The molecule has 1 heterocycles. The van der Waals surface area contributed by atoms with Gasteiger partial charge in [-0.05, 0) is 38.1 Å². The van der Waals surface area contributed by atoms with Gasteiger partial charge < -0.3 is 5.73 Å². The summed E-state index contributed by atoms with van der Waals surface area (Å²) in [5.41, 5.74) is 6.21. The lowest BCUT2D eigenvalue weighted by Crippen LogP contribution is -2.50. The van der Waals surface area contributed by atoms with Gasteiger partial charge in [-0.2, -0.15) is 0 Å². The molecule has 0 radical (unpaired) electrons. The van der Waals surface area contributed by atoms with Crippen LogP contribution >= 0.6 is 11.3 Å². The van der Waals surface area contributed by atoms with Crippen LogP contribution in [0.4, 0.5) is 4.39 Å². The number of hydrogen-bond donors (Lipinski definition) is 2. The molecule has 1 aromatic heterocycles. The number of nitrogens with one attached hydrogen (secondary N) is 1. The van der Waals surface area contributed by atoms with E-state index in [0.29, 0.717) is 6.54 Å². The average molecular weight is 293 g/mol. The summed E-state index contributed by atoms with van der Waals surface area (Å²) in [6, 6.07) is 6.20. The maximum absolute atomic E-state index is 12.9. The number of benzene rings is 1. The van der Waals surface area contributed by atoms with Crippen molar-refractivity contribution in [1.82, 2.24) is 10.3 Å². The van der Waals surface area contributed by atoms with Gasteiger partial charge in [0.15, 0.2) is 0 Å². The van der Waals surface area contributed by atoms with Crippen LogP contribution in [-0.4, -0.2) is 16.4 Å². The van der Waals surface area contributed by atoms with Gasteiger partial charge in [0, 0.05) is 17.5 Å². The molecular weight excluding hydrogens is 277 g/mol. The van der Waals surface area contributed by atoms with Crippen molar-refractivity contribution >= 4 is 17.2 Å². The van der Waals surface area contributed by atoms with E-state index in [2.05, 4.69) is 10.3 Å². The molecule has 0 spiro atoms. The number of amides is 1. The molecule has 0 atom stereocenters. The first-order valence-electron chi connectivity index (χ1n) is 6.14. The molecule has 0 fully saturated rings. The molecule has 0 bridgehead atoms. The highest BCUT2D eigenvalue weighted by Gasteiger charge is 2.24. The van der Waals surface area contributed by atoms with Crippen LogP contribution in [-0.2, 0) is 11.3 Å². The van der Waals surface area contributed by atoms with Crippen molar-refractivity contribution in [3.63, 3.8) is 0 Å². The fraction of sp³-hybridized carbons (Fsp3) is 0.286. The largest absolute Gasteiger partial charge is 0.368 e. The molecule has 3 N–H and O–H groups in total. The predicted octanol–water partition coefficient (Wildman–Crippen LogP) is 2.30. The zero-order chi connectivity index (χ0) is 14.8. The molecule has 0 aliphatic rings. The van der Waals surface area contributed by atoms with E-state index in [1.54, 1.807) is 26.0 Å². The summed E-state index contributed by atoms with van der Waals surface area (Å²) in [6.07, 6.45) is 0. The van der Waals surface area contributed by atoms with Crippen LogP contribution in [0.3, 0.4) is 0 Å². The smallest absolute Gasteiger partial charge is 0.237 e. The number of hydrogen-bond acceptors (Lipinski definition) is 4. The second-order valence-corrected chi connectivity index (χ2v) is 5.85. The van der Waals surface area contributed by atoms with Crippen LogP contribution in [0.1, 0.15) is 19.5 Å². The minimum atomic E-state index is -0.778. The number of carbonyl (C=O) groups excluding carboxylic acids is 1. The van der Waals surface area contributed by atoms with E-state index >= 15 is 0 Å². The number of nitrogens with zero attached hydrogens (tertiary/aromatic N) is 1. The summed E-state index contributed by atoms with van der Waals surface area (Å²) in [6.45, 7) is 3.90. The van der Waals surface area contributed by atoms with Crippen molar-refractivity contribution in [3.05, 3.63) is 41.2 Å². The highest BCUT2D eigenvalue weighted by atomic mass is 32.1. The van der Waals surface area contributed by atoms with Gasteiger partial charge in [0.2, 0.25) is 5.91 Å². The zero-order valence-electron chi connectivity index (χ0n) is 11.3. The zero-order valence-corrected chi connectivity index (χ0v) is 12.1. The number of thiazole rings is 1. The number of nitrogens with two attached hydrogens (primary N) is 1. The molecule has 2 rings (SSSR count). The normalized spacial score (nSPS) is 11.6. The lowest BCUT2D eigenvalue weighted by Gasteiger charge is -2.21. The first-order valence-corrected chi connectivity index (χ1v) is 7.02. The number of aromatic nitrogens is 1. The Balaban J connectivity index is 2.06. The molecule has 0 aliphatic heterocycles. The molecule has 1 amide bonds. The Labute approximate surface area is 120 Å². The van der Waals surface area contributed by atoms with Crippen molar-refractivity contribution in [2.75, 3.05) is 0 Å². The Morgan fingerprint density at radius 1 is 1.40 bits per heavy atom. The summed E-state index contributed by atoms with van der Waals surface area (Å²) >= 11 is 1.48. The van der Waals surface area contributed by atoms with Crippen molar-refractivity contribution in [2.45, 2.75) is 25.9 Å². The van der Waals surface area contributed by atoms with Crippen LogP contribution in [0.15, 0.2) is 29.6 Å². The molecular formula is C14H16FN3OS. The first-order chi connectivity index (χ1) is 9.38. The van der Waals surface area contributed by atoms with E-state index in [9.17, 15) is 9.18 Å². The van der Waals surface area contributed by atoms with Crippen LogP contribution in [0.5, 0.6) is 0 Å². The van der Waals surface area contributed by atoms with Gasteiger partial charge in [0.25, 0.3) is 0 Å². The average Bonchev–Trinajstić information content (AvgIpc) is 2.86. The van der Waals surface area contributed by atoms with Gasteiger partial charge in [-0.15, -0.1) is 11.3 Å². The molecule has 0 aliphatic carbocycles. The van der Waals surface area contributed by atoms with E-state index in [0.717, 1.165) is 16.3 Å². The van der Waals surface area contributed by atoms with E-state index < -0.39 is 11.4 Å².